The Hall–Kier alpha value is -1.15. The maximum Gasteiger partial charge on any atom is 0.0644 e. The monoisotopic (exact) mass is 245 g/mol. The number of hydrogen-bond donors (Lipinski definition) is 0. The first-order chi connectivity index (χ1) is 8.90. The fraction of sp³-hybridized carbons (Fsp3) is 0.562. The number of ether oxygens (including phenoxy) is 1. The van der Waals surface area contributed by atoms with Gasteiger partial charge >= 0.3 is 0 Å². The van der Waals surface area contributed by atoms with Crippen molar-refractivity contribution in [1.29, 1.82) is 0 Å². The maximum absolute atomic E-state index is 5.37. The molecule has 0 saturated carbocycles. The molecule has 98 valence electrons. The second kappa shape index (κ2) is 7.32. The number of hydrogen-bond acceptors (Lipinski definition) is 2. The van der Waals surface area contributed by atoms with Crippen LogP contribution in [0.25, 0.3) is 0 Å². The van der Waals surface area contributed by atoms with Crippen LogP contribution in [0, 0.1) is 0 Å². The van der Waals surface area contributed by atoms with E-state index in [-0.39, 0.29) is 0 Å². The third-order valence-corrected chi connectivity index (χ3v) is 3.44. The summed E-state index contributed by atoms with van der Waals surface area (Å²) in [5.74, 6) is 0. The molecule has 1 heterocycles. The molecule has 0 aliphatic heterocycles. The lowest BCUT2D eigenvalue weighted by atomic mass is 9.95. The van der Waals surface area contributed by atoms with Gasteiger partial charge in [0.1, 0.15) is 0 Å². The van der Waals surface area contributed by atoms with Gasteiger partial charge in [0.25, 0.3) is 0 Å². The number of unbranched alkanes of at least 4 members (excludes halogenated alkanes) is 1. The lowest BCUT2D eigenvalue weighted by Crippen LogP contribution is -2.07. The van der Waals surface area contributed by atoms with Crippen molar-refractivity contribution < 1.29 is 4.74 Å². The molecule has 0 saturated heterocycles. The Morgan fingerprint density at radius 3 is 3.00 bits per heavy atom. The van der Waals surface area contributed by atoms with E-state index in [1.54, 1.807) is 6.08 Å². The number of aromatic nitrogens is 1. The fourth-order valence-corrected chi connectivity index (χ4v) is 2.44. The number of aryl methyl sites for hydroxylation is 3. The summed E-state index contributed by atoms with van der Waals surface area (Å²) < 4.78 is 5.37. The summed E-state index contributed by atoms with van der Waals surface area (Å²) in [5.41, 5.74) is 4.07. The number of nitrogens with zero attached hydrogens (tertiary/aromatic N) is 1. The highest BCUT2D eigenvalue weighted by molar-refractivity contribution is 5.25. The second-order valence-electron chi connectivity index (χ2n) is 4.94. The Morgan fingerprint density at radius 1 is 1.22 bits per heavy atom. The van der Waals surface area contributed by atoms with Gasteiger partial charge in [0.05, 0.1) is 6.61 Å². The van der Waals surface area contributed by atoms with Gasteiger partial charge in [-0.1, -0.05) is 12.1 Å². The molecule has 0 atom stereocenters. The van der Waals surface area contributed by atoms with Crippen molar-refractivity contribution >= 4 is 0 Å². The predicted octanol–water partition coefficient (Wildman–Crippen LogP) is 3.49. The molecule has 0 N–H and O–H groups in total. The first kappa shape index (κ1) is 13.3. The standard InChI is InChI=1S/C16H23NO/c1-2-12-18-13-6-5-8-15-11-10-14-7-3-4-9-16(14)17-15/h2,10-11H,1,3-9,12-13H2. The molecular weight excluding hydrogens is 222 g/mol. The summed E-state index contributed by atoms with van der Waals surface area (Å²) in [6.07, 6.45) is 10.2. The number of rotatable bonds is 7. The Labute approximate surface area is 110 Å². The zero-order valence-corrected chi connectivity index (χ0v) is 11.2. The van der Waals surface area contributed by atoms with Crippen LogP contribution >= 0.6 is 0 Å². The van der Waals surface area contributed by atoms with Crippen LogP contribution in [0.4, 0.5) is 0 Å². The molecule has 2 rings (SSSR count). The van der Waals surface area contributed by atoms with Gasteiger partial charge in [-0.05, 0) is 56.6 Å². The highest BCUT2D eigenvalue weighted by atomic mass is 16.5. The van der Waals surface area contributed by atoms with Crippen LogP contribution in [0.3, 0.4) is 0 Å². The van der Waals surface area contributed by atoms with Gasteiger partial charge in [-0.15, -0.1) is 6.58 Å². The number of pyridine rings is 1. The summed E-state index contributed by atoms with van der Waals surface area (Å²) in [6, 6.07) is 4.49. The molecule has 1 aliphatic carbocycles. The van der Waals surface area contributed by atoms with Crippen LogP contribution in [0.5, 0.6) is 0 Å². The maximum atomic E-state index is 5.37. The Balaban J connectivity index is 1.74. The van der Waals surface area contributed by atoms with E-state index in [9.17, 15) is 0 Å². The summed E-state index contributed by atoms with van der Waals surface area (Å²) >= 11 is 0. The van der Waals surface area contributed by atoms with Crippen molar-refractivity contribution in [2.45, 2.75) is 44.9 Å². The van der Waals surface area contributed by atoms with E-state index in [2.05, 4.69) is 18.7 Å². The average molecular weight is 245 g/mol. The fourth-order valence-electron chi connectivity index (χ4n) is 2.44. The van der Waals surface area contributed by atoms with Gasteiger partial charge in [-0.25, -0.2) is 0 Å². The van der Waals surface area contributed by atoms with Crippen LogP contribution in [0.1, 0.15) is 42.6 Å². The zero-order chi connectivity index (χ0) is 12.6. The van der Waals surface area contributed by atoms with Crippen molar-refractivity contribution in [3.05, 3.63) is 41.7 Å². The Morgan fingerprint density at radius 2 is 2.11 bits per heavy atom. The van der Waals surface area contributed by atoms with Gasteiger partial charge < -0.3 is 4.74 Å². The third kappa shape index (κ3) is 3.95. The topological polar surface area (TPSA) is 22.1 Å². The molecule has 2 nitrogen and oxygen atoms in total. The summed E-state index contributed by atoms with van der Waals surface area (Å²) in [5, 5.41) is 0. The summed E-state index contributed by atoms with van der Waals surface area (Å²) in [4.78, 5) is 4.79. The van der Waals surface area contributed by atoms with E-state index >= 15 is 0 Å². The van der Waals surface area contributed by atoms with E-state index in [0.717, 1.165) is 25.9 Å². The summed E-state index contributed by atoms with van der Waals surface area (Å²) in [6.45, 7) is 5.13. The van der Waals surface area contributed by atoms with Crippen molar-refractivity contribution in [3.63, 3.8) is 0 Å². The molecule has 0 fully saturated rings. The SMILES string of the molecule is C=CCOCCCCc1ccc2c(n1)CCCC2. The van der Waals surface area contributed by atoms with Crippen molar-refractivity contribution in [3.8, 4) is 0 Å². The quantitative estimate of drug-likeness (QED) is 0.542. The normalized spacial score (nSPS) is 14.2. The smallest absolute Gasteiger partial charge is 0.0644 e. The number of fused-ring (bicyclic) bond motifs is 1. The molecule has 0 spiro atoms. The molecule has 0 bridgehead atoms. The lowest BCUT2D eigenvalue weighted by Gasteiger charge is -2.15. The van der Waals surface area contributed by atoms with Crippen molar-refractivity contribution in [1.82, 2.24) is 4.98 Å². The van der Waals surface area contributed by atoms with Gasteiger partial charge in [0.15, 0.2) is 0 Å². The van der Waals surface area contributed by atoms with E-state index in [1.807, 2.05) is 0 Å². The largest absolute Gasteiger partial charge is 0.377 e. The second-order valence-corrected chi connectivity index (χ2v) is 4.94. The van der Waals surface area contributed by atoms with Crippen LogP contribution in [-0.4, -0.2) is 18.2 Å². The van der Waals surface area contributed by atoms with Gasteiger partial charge in [-0.3, -0.25) is 4.98 Å². The molecule has 1 aliphatic rings. The van der Waals surface area contributed by atoms with Crippen molar-refractivity contribution in [2.75, 3.05) is 13.2 Å². The highest BCUT2D eigenvalue weighted by Gasteiger charge is 2.10. The van der Waals surface area contributed by atoms with Gasteiger partial charge in [-0.2, -0.15) is 0 Å². The van der Waals surface area contributed by atoms with Crippen molar-refractivity contribution in [2.24, 2.45) is 0 Å². The van der Waals surface area contributed by atoms with Crippen LogP contribution in [-0.2, 0) is 24.0 Å². The molecular formula is C16H23NO. The first-order valence-corrected chi connectivity index (χ1v) is 7.06. The molecule has 0 aromatic carbocycles. The van der Waals surface area contributed by atoms with E-state index < -0.39 is 0 Å². The minimum atomic E-state index is 0.664. The summed E-state index contributed by atoms with van der Waals surface area (Å²) in [7, 11) is 0. The third-order valence-electron chi connectivity index (χ3n) is 3.44. The average Bonchev–Trinajstić information content (AvgIpc) is 2.42. The molecule has 0 amide bonds. The molecule has 1 aromatic heterocycles. The predicted molar refractivity (Wildman–Crippen MR) is 74.8 cm³/mol. The molecule has 18 heavy (non-hydrogen) atoms. The minimum Gasteiger partial charge on any atom is -0.377 e. The molecule has 0 radical (unpaired) electrons. The lowest BCUT2D eigenvalue weighted by molar-refractivity contribution is 0.158. The van der Waals surface area contributed by atoms with Gasteiger partial charge in [0, 0.05) is 18.0 Å². The highest BCUT2D eigenvalue weighted by Crippen LogP contribution is 2.20. The zero-order valence-electron chi connectivity index (χ0n) is 11.2. The van der Waals surface area contributed by atoms with Crippen LogP contribution in [0.2, 0.25) is 0 Å². The van der Waals surface area contributed by atoms with Crippen LogP contribution < -0.4 is 0 Å². The molecule has 1 aromatic rings. The van der Waals surface area contributed by atoms with E-state index in [1.165, 1.54) is 42.6 Å². The first-order valence-electron chi connectivity index (χ1n) is 7.06. The van der Waals surface area contributed by atoms with Crippen LogP contribution in [0.15, 0.2) is 24.8 Å². The van der Waals surface area contributed by atoms with Gasteiger partial charge in [0.2, 0.25) is 0 Å². The minimum absolute atomic E-state index is 0.664. The Kier molecular flexibility index (Phi) is 5.40. The van der Waals surface area contributed by atoms with E-state index in [4.69, 9.17) is 9.72 Å². The molecule has 0 unspecified atom stereocenters. The Bertz CT molecular complexity index is 387. The van der Waals surface area contributed by atoms with E-state index in [0.29, 0.717) is 6.61 Å². The molecule has 2 heteroatoms.